The van der Waals surface area contributed by atoms with E-state index < -0.39 is 0 Å². The standard InChI is InChI=1S/C15H28O8/c1-14(16)23-13-15-12-21-9-8-19-5-4-17-2-3-18-6-7-20-10-11-22-15/h15H,2-13H2,1H3. The van der Waals surface area contributed by atoms with Crippen LogP contribution in [0.3, 0.4) is 0 Å². The zero-order valence-electron chi connectivity index (χ0n) is 13.8. The van der Waals surface area contributed by atoms with E-state index in [1.165, 1.54) is 6.92 Å². The van der Waals surface area contributed by atoms with Gasteiger partial charge in [-0.1, -0.05) is 0 Å². The number of carbonyl (C=O) groups is 1. The molecule has 136 valence electrons. The van der Waals surface area contributed by atoms with Gasteiger partial charge in [0.25, 0.3) is 0 Å². The predicted molar refractivity (Wildman–Crippen MR) is 80.5 cm³/mol. The molecule has 1 rings (SSSR count). The lowest BCUT2D eigenvalue weighted by Crippen LogP contribution is -2.29. The Balaban J connectivity index is 2.25. The monoisotopic (exact) mass is 336 g/mol. The first-order valence-electron chi connectivity index (χ1n) is 7.92. The number of ether oxygens (including phenoxy) is 7. The Morgan fingerprint density at radius 2 is 1.22 bits per heavy atom. The molecular formula is C15H28O8. The minimum Gasteiger partial charge on any atom is -0.463 e. The fraction of sp³-hybridized carbons (Fsp3) is 0.933. The molecule has 1 saturated heterocycles. The Labute approximate surface area is 137 Å². The number of carbonyl (C=O) groups excluding carboxylic acids is 1. The topological polar surface area (TPSA) is 81.7 Å². The maximum atomic E-state index is 10.9. The van der Waals surface area contributed by atoms with E-state index in [-0.39, 0.29) is 18.7 Å². The van der Waals surface area contributed by atoms with Gasteiger partial charge in [-0.3, -0.25) is 4.79 Å². The van der Waals surface area contributed by atoms with Crippen molar-refractivity contribution in [1.29, 1.82) is 0 Å². The van der Waals surface area contributed by atoms with Crippen molar-refractivity contribution in [2.24, 2.45) is 0 Å². The summed E-state index contributed by atoms with van der Waals surface area (Å²) in [5.74, 6) is -0.343. The summed E-state index contributed by atoms with van der Waals surface area (Å²) >= 11 is 0. The van der Waals surface area contributed by atoms with Gasteiger partial charge in [0.05, 0.1) is 72.7 Å². The minimum atomic E-state index is -0.343. The third-order valence-corrected chi connectivity index (χ3v) is 2.85. The maximum absolute atomic E-state index is 10.9. The van der Waals surface area contributed by atoms with Gasteiger partial charge in [-0.05, 0) is 0 Å². The highest BCUT2D eigenvalue weighted by atomic mass is 16.6. The van der Waals surface area contributed by atoms with Gasteiger partial charge in [0.2, 0.25) is 0 Å². The summed E-state index contributed by atoms with van der Waals surface area (Å²) in [5, 5.41) is 0. The highest BCUT2D eigenvalue weighted by molar-refractivity contribution is 5.65. The van der Waals surface area contributed by atoms with Crippen LogP contribution in [-0.2, 0) is 38.0 Å². The van der Waals surface area contributed by atoms with E-state index >= 15 is 0 Å². The molecule has 1 fully saturated rings. The first-order chi connectivity index (χ1) is 11.3. The molecule has 0 radical (unpaired) electrons. The van der Waals surface area contributed by atoms with E-state index in [1.807, 2.05) is 0 Å². The van der Waals surface area contributed by atoms with Crippen LogP contribution >= 0.6 is 0 Å². The van der Waals surface area contributed by atoms with Gasteiger partial charge >= 0.3 is 5.97 Å². The van der Waals surface area contributed by atoms with E-state index in [0.717, 1.165) is 0 Å². The molecule has 23 heavy (non-hydrogen) atoms. The van der Waals surface area contributed by atoms with Crippen LogP contribution in [0.5, 0.6) is 0 Å². The largest absolute Gasteiger partial charge is 0.463 e. The number of hydrogen-bond acceptors (Lipinski definition) is 8. The Morgan fingerprint density at radius 1 is 0.783 bits per heavy atom. The van der Waals surface area contributed by atoms with Crippen LogP contribution in [0.2, 0.25) is 0 Å². The summed E-state index contributed by atoms with van der Waals surface area (Å²) in [6.07, 6.45) is -0.319. The van der Waals surface area contributed by atoms with Gasteiger partial charge in [0.1, 0.15) is 12.7 Å². The lowest BCUT2D eigenvalue weighted by Gasteiger charge is -2.18. The van der Waals surface area contributed by atoms with Crippen LogP contribution in [0, 0.1) is 0 Å². The molecule has 8 nitrogen and oxygen atoms in total. The van der Waals surface area contributed by atoms with Crippen LogP contribution in [0.15, 0.2) is 0 Å². The molecule has 0 saturated carbocycles. The molecule has 1 heterocycles. The zero-order chi connectivity index (χ0) is 16.6. The van der Waals surface area contributed by atoms with Crippen LogP contribution in [-0.4, -0.2) is 91.4 Å². The molecule has 0 amide bonds. The van der Waals surface area contributed by atoms with Crippen LogP contribution in [0.25, 0.3) is 0 Å². The highest BCUT2D eigenvalue weighted by Crippen LogP contribution is 1.97. The fourth-order valence-electron chi connectivity index (χ4n) is 1.72. The lowest BCUT2D eigenvalue weighted by atomic mass is 10.4. The predicted octanol–water partition coefficient (Wildman–Crippen LogP) is 0.0313. The molecule has 1 unspecified atom stereocenters. The third-order valence-electron chi connectivity index (χ3n) is 2.85. The second kappa shape index (κ2) is 14.8. The highest BCUT2D eigenvalue weighted by Gasteiger charge is 2.11. The summed E-state index contributed by atoms with van der Waals surface area (Å²) in [4.78, 5) is 10.9. The molecule has 0 N–H and O–H groups in total. The molecule has 0 aromatic heterocycles. The molecule has 0 aliphatic carbocycles. The Kier molecular flexibility index (Phi) is 13.0. The van der Waals surface area contributed by atoms with E-state index in [4.69, 9.17) is 33.2 Å². The summed E-state index contributed by atoms with van der Waals surface area (Å²) in [7, 11) is 0. The van der Waals surface area contributed by atoms with E-state index in [9.17, 15) is 4.79 Å². The van der Waals surface area contributed by atoms with Crippen molar-refractivity contribution >= 4 is 5.97 Å². The average molecular weight is 336 g/mol. The van der Waals surface area contributed by atoms with Crippen molar-refractivity contribution in [2.75, 3.05) is 79.3 Å². The molecule has 8 heteroatoms. The maximum Gasteiger partial charge on any atom is 0.302 e. The van der Waals surface area contributed by atoms with Gasteiger partial charge in [0, 0.05) is 6.92 Å². The smallest absolute Gasteiger partial charge is 0.302 e. The van der Waals surface area contributed by atoms with Crippen molar-refractivity contribution in [2.45, 2.75) is 13.0 Å². The second-order valence-electron chi connectivity index (χ2n) is 4.82. The van der Waals surface area contributed by atoms with E-state index in [1.54, 1.807) is 0 Å². The third kappa shape index (κ3) is 13.4. The van der Waals surface area contributed by atoms with Crippen LogP contribution < -0.4 is 0 Å². The van der Waals surface area contributed by atoms with Gasteiger partial charge in [-0.25, -0.2) is 0 Å². The van der Waals surface area contributed by atoms with Crippen molar-refractivity contribution in [3.8, 4) is 0 Å². The van der Waals surface area contributed by atoms with Crippen molar-refractivity contribution in [1.82, 2.24) is 0 Å². The molecule has 0 aromatic carbocycles. The summed E-state index contributed by atoms with van der Waals surface area (Å²) in [6, 6.07) is 0. The van der Waals surface area contributed by atoms with Crippen molar-refractivity contribution in [3.63, 3.8) is 0 Å². The molecule has 1 aliphatic heterocycles. The average Bonchev–Trinajstić information content (AvgIpc) is 2.53. The quantitative estimate of drug-likeness (QED) is 0.654. The van der Waals surface area contributed by atoms with Gasteiger partial charge in [-0.2, -0.15) is 0 Å². The van der Waals surface area contributed by atoms with Gasteiger partial charge < -0.3 is 33.2 Å². The first-order valence-corrected chi connectivity index (χ1v) is 7.92. The summed E-state index contributed by atoms with van der Waals surface area (Å²) in [6.45, 7) is 6.74. The molecule has 0 aromatic rings. The number of esters is 1. The first kappa shape index (κ1) is 20.3. The molecular weight excluding hydrogens is 308 g/mol. The van der Waals surface area contributed by atoms with Gasteiger partial charge in [-0.15, -0.1) is 0 Å². The minimum absolute atomic E-state index is 0.160. The number of hydrogen-bond donors (Lipinski definition) is 0. The Hall–Kier alpha value is -0.770. The number of rotatable bonds is 2. The van der Waals surface area contributed by atoms with E-state index in [2.05, 4.69) is 0 Å². The normalized spacial score (nSPS) is 24.3. The van der Waals surface area contributed by atoms with Gasteiger partial charge in [0.15, 0.2) is 0 Å². The van der Waals surface area contributed by atoms with Crippen LogP contribution in [0.1, 0.15) is 6.92 Å². The summed E-state index contributed by atoms with van der Waals surface area (Å²) in [5.41, 5.74) is 0. The van der Waals surface area contributed by atoms with Crippen molar-refractivity contribution < 1.29 is 38.0 Å². The SMILES string of the molecule is CC(=O)OCC1COCCOCCOCCOCCOCCO1. The molecule has 0 bridgehead atoms. The fourth-order valence-corrected chi connectivity index (χ4v) is 1.72. The Morgan fingerprint density at radius 3 is 1.70 bits per heavy atom. The molecule has 0 spiro atoms. The summed E-state index contributed by atoms with van der Waals surface area (Å²) < 4.78 is 37.5. The Bertz CT molecular complexity index is 269. The van der Waals surface area contributed by atoms with Crippen molar-refractivity contribution in [3.05, 3.63) is 0 Å². The lowest BCUT2D eigenvalue weighted by molar-refractivity contribution is -0.148. The van der Waals surface area contributed by atoms with Crippen LogP contribution in [0.4, 0.5) is 0 Å². The van der Waals surface area contributed by atoms with E-state index in [0.29, 0.717) is 72.7 Å². The second-order valence-corrected chi connectivity index (χ2v) is 4.82. The molecule has 1 aliphatic rings. The molecule has 1 atom stereocenters. The zero-order valence-corrected chi connectivity index (χ0v) is 13.8.